The van der Waals surface area contributed by atoms with Crippen LogP contribution in [0.4, 0.5) is 5.69 Å². The number of aryl methyl sites for hydroxylation is 1. The lowest BCUT2D eigenvalue weighted by Gasteiger charge is -2.26. The molecule has 2 aromatic carbocycles. The Morgan fingerprint density at radius 3 is 2.40 bits per heavy atom. The van der Waals surface area contributed by atoms with E-state index in [1.165, 1.54) is 4.90 Å². The number of rotatable bonds is 8. The number of carbonyl (C=O) groups excluding carboxylic acids is 2. The second-order valence-corrected chi connectivity index (χ2v) is 10.4. The van der Waals surface area contributed by atoms with E-state index in [0.717, 1.165) is 55.6 Å². The summed E-state index contributed by atoms with van der Waals surface area (Å²) in [7, 11) is 0. The van der Waals surface area contributed by atoms with Crippen molar-refractivity contribution in [2.45, 2.75) is 13.0 Å². The normalized spacial score (nSPS) is 16.3. The minimum absolute atomic E-state index is 0.278. The molecule has 2 aliphatic rings. The number of benzene rings is 2. The molecule has 0 saturated carbocycles. The number of aromatic nitrogens is 4. The number of ether oxygens (including phenoxy) is 1. The Labute approximate surface area is 242 Å². The van der Waals surface area contributed by atoms with Gasteiger partial charge in [0.25, 0.3) is 11.8 Å². The van der Waals surface area contributed by atoms with E-state index in [9.17, 15) is 9.59 Å². The van der Waals surface area contributed by atoms with Gasteiger partial charge in [-0.05, 0) is 36.8 Å². The van der Waals surface area contributed by atoms with Crippen molar-refractivity contribution in [1.29, 1.82) is 0 Å². The first-order valence-electron chi connectivity index (χ1n) is 14.2. The van der Waals surface area contributed by atoms with Gasteiger partial charge in [-0.3, -0.25) is 14.5 Å². The molecular formula is C33H30N6O3. The Balaban J connectivity index is 1.38. The van der Waals surface area contributed by atoms with Crippen molar-refractivity contribution in [3.63, 3.8) is 0 Å². The molecule has 2 aliphatic heterocycles. The lowest BCUT2D eigenvalue weighted by atomic mass is 9.98. The lowest BCUT2D eigenvalue weighted by Crippen LogP contribution is -2.37. The standard InChI is InChI=1S/C33H30N6O3/c1-2-37-22-26(24-12-6-7-14-27(24)37)28-29(33(41)39(32(28)40)23-10-4-3-5-11-23)30-25-13-8-15-34-31(25)38(35-30)17-9-16-36-18-20-42-21-19-36/h2-8,10-15,22H,1,9,16-21H2. The van der Waals surface area contributed by atoms with Crippen LogP contribution < -0.4 is 4.90 Å². The van der Waals surface area contributed by atoms with Gasteiger partial charge in [0, 0.05) is 61.1 Å². The number of pyridine rings is 1. The number of morpholine rings is 1. The van der Waals surface area contributed by atoms with Gasteiger partial charge in [-0.25, -0.2) is 14.6 Å². The molecule has 0 aliphatic carbocycles. The number of hydrogen-bond acceptors (Lipinski definition) is 6. The van der Waals surface area contributed by atoms with Crippen LogP contribution in [0.1, 0.15) is 17.7 Å². The van der Waals surface area contributed by atoms with Gasteiger partial charge in [0.05, 0.1) is 35.6 Å². The first-order chi connectivity index (χ1) is 20.7. The Morgan fingerprint density at radius 2 is 1.60 bits per heavy atom. The maximum Gasteiger partial charge on any atom is 0.268 e. The molecule has 7 rings (SSSR count). The zero-order chi connectivity index (χ0) is 28.6. The summed E-state index contributed by atoms with van der Waals surface area (Å²) in [6.45, 7) is 8.85. The van der Waals surface area contributed by atoms with E-state index in [1.54, 1.807) is 24.5 Å². The third kappa shape index (κ3) is 4.34. The molecule has 0 spiro atoms. The van der Waals surface area contributed by atoms with Crippen molar-refractivity contribution in [2.24, 2.45) is 0 Å². The smallest absolute Gasteiger partial charge is 0.268 e. The van der Waals surface area contributed by atoms with E-state index in [2.05, 4.69) is 16.5 Å². The molecule has 2 amide bonds. The highest BCUT2D eigenvalue weighted by Gasteiger charge is 2.43. The highest BCUT2D eigenvalue weighted by atomic mass is 16.5. The number of para-hydroxylation sites is 2. The maximum atomic E-state index is 14.3. The molecule has 0 radical (unpaired) electrons. The Bertz CT molecular complexity index is 1860. The highest BCUT2D eigenvalue weighted by Crippen LogP contribution is 2.42. The van der Waals surface area contributed by atoms with E-state index in [-0.39, 0.29) is 11.5 Å². The van der Waals surface area contributed by atoms with Crippen LogP contribution in [-0.2, 0) is 20.9 Å². The molecule has 0 unspecified atom stereocenters. The van der Waals surface area contributed by atoms with Gasteiger partial charge < -0.3 is 9.30 Å². The summed E-state index contributed by atoms with van der Waals surface area (Å²) in [5, 5.41) is 6.57. The van der Waals surface area contributed by atoms with Crippen LogP contribution in [0.5, 0.6) is 0 Å². The molecule has 42 heavy (non-hydrogen) atoms. The van der Waals surface area contributed by atoms with Crippen molar-refractivity contribution in [2.75, 3.05) is 37.7 Å². The molecule has 0 atom stereocenters. The fourth-order valence-corrected chi connectivity index (χ4v) is 5.98. The van der Waals surface area contributed by atoms with E-state index in [0.29, 0.717) is 34.7 Å². The molecule has 0 N–H and O–H groups in total. The van der Waals surface area contributed by atoms with Gasteiger partial charge in [0.1, 0.15) is 5.69 Å². The summed E-state index contributed by atoms with van der Waals surface area (Å²) >= 11 is 0. The minimum atomic E-state index is -0.402. The van der Waals surface area contributed by atoms with Crippen LogP contribution in [0.2, 0.25) is 0 Å². The third-order valence-corrected chi connectivity index (χ3v) is 8.00. The molecule has 1 fully saturated rings. The largest absolute Gasteiger partial charge is 0.379 e. The van der Waals surface area contributed by atoms with Gasteiger partial charge in [0.15, 0.2) is 5.65 Å². The molecule has 1 saturated heterocycles. The number of anilines is 1. The van der Waals surface area contributed by atoms with Crippen LogP contribution >= 0.6 is 0 Å². The van der Waals surface area contributed by atoms with Crippen molar-refractivity contribution in [1.82, 2.24) is 24.2 Å². The van der Waals surface area contributed by atoms with E-state index in [4.69, 9.17) is 9.84 Å². The summed E-state index contributed by atoms with van der Waals surface area (Å²) in [4.78, 5) is 36.9. The van der Waals surface area contributed by atoms with Crippen LogP contribution in [-0.4, -0.2) is 68.9 Å². The summed E-state index contributed by atoms with van der Waals surface area (Å²) in [5.41, 5.74) is 3.83. The minimum Gasteiger partial charge on any atom is -0.379 e. The SMILES string of the molecule is C=Cn1cc(C2=C(c3nn(CCCN4CCOCC4)c4ncccc34)C(=O)N(c3ccccc3)C2=O)c2ccccc21. The lowest BCUT2D eigenvalue weighted by molar-refractivity contribution is -0.119. The third-order valence-electron chi connectivity index (χ3n) is 8.00. The van der Waals surface area contributed by atoms with Gasteiger partial charge in [-0.1, -0.05) is 43.0 Å². The number of nitrogens with zero attached hydrogens (tertiary/aromatic N) is 6. The number of fused-ring (bicyclic) bond motifs is 2. The zero-order valence-corrected chi connectivity index (χ0v) is 23.1. The number of carbonyl (C=O) groups is 2. The summed E-state index contributed by atoms with van der Waals surface area (Å²) in [6.07, 6.45) is 6.17. The quantitative estimate of drug-likeness (QED) is 0.257. The van der Waals surface area contributed by atoms with Crippen LogP contribution in [0.3, 0.4) is 0 Å². The summed E-state index contributed by atoms with van der Waals surface area (Å²) in [6, 6.07) is 20.6. The monoisotopic (exact) mass is 558 g/mol. The molecule has 9 heteroatoms. The van der Waals surface area contributed by atoms with Gasteiger partial charge in [0.2, 0.25) is 0 Å². The number of amides is 2. The number of hydrogen-bond donors (Lipinski definition) is 0. The molecule has 5 aromatic rings. The molecular weight excluding hydrogens is 528 g/mol. The predicted octanol–water partition coefficient (Wildman–Crippen LogP) is 4.69. The highest BCUT2D eigenvalue weighted by molar-refractivity contribution is 6.58. The molecule has 210 valence electrons. The van der Waals surface area contributed by atoms with Crippen LogP contribution in [0, 0.1) is 0 Å². The molecule has 9 nitrogen and oxygen atoms in total. The van der Waals surface area contributed by atoms with E-state index >= 15 is 0 Å². The molecule has 5 heterocycles. The van der Waals surface area contributed by atoms with Gasteiger partial charge in [-0.2, -0.15) is 5.10 Å². The molecule has 3 aromatic heterocycles. The van der Waals surface area contributed by atoms with Crippen LogP contribution in [0.25, 0.3) is 39.3 Å². The van der Waals surface area contributed by atoms with Crippen molar-refractivity contribution in [3.8, 4) is 0 Å². The topological polar surface area (TPSA) is 85.5 Å². The Kier molecular flexibility index (Phi) is 6.73. The van der Waals surface area contributed by atoms with Crippen LogP contribution in [0.15, 0.2) is 85.7 Å². The van der Waals surface area contributed by atoms with Gasteiger partial charge >= 0.3 is 0 Å². The Hall–Kier alpha value is -4.86. The van der Waals surface area contributed by atoms with E-state index in [1.807, 2.05) is 70.0 Å². The average molecular weight is 559 g/mol. The maximum absolute atomic E-state index is 14.3. The first kappa shape index (κ1) is 26.1. The molecule has 0 bridgehead atoms. The predicted molar refractivity (Wildman–Crippen MR) is 163 cm³/mol. The zero-order valence-electron chi connectivity index (χ0n) is 23.1. The van der Waals surface area contributed by atoms with Crippen molar-refractivity contribution < 1.29 is 14.3 Å². The second kappa shape index (κ2) is 10.8. The van der Waals surface area contributed by atoms with Crippen molar-refractivity contribution in [3.05, 3.63) is 97.0 Å². The fraction of sp³-hybridized carbons (Fsp3) is 0.212. The Morgan fingerprint density at radius 1 is 0.857 bits per heavy atom. The van der Waals surface area contributed by atoms with E-state index < -0.39 is 5.91 Å². The van der Waals surface area contributed by atoms with Gasteiger partial charge in [-0.15, -0.1) is 0 Å². The first-order valence-corrected chi connectivity index (χ1v) is 14.2. The number of imide groups is 1. The second-order valence-electron chi connectivity index (χ2n) is 10.4. The summed E-state index contributed by atoms with van der Waals surface area (Å²) in [5.74, 6) is -0.785. The fourth-order valence-electron chi connectivity index (χ4n) is 5.98. The van der Waals surface area contributed by atoms with Crippen molar-refractivity contribution >= 4 is 56.8 Å². The summed E-state index contributed by atoms with van der Waals surface area (Å²) < 4.78 is 9.22. The average Bonchev–Trinajstić information content (AvgIpc) is 3.67.